The van der Waals surface area contributed by atoms with E-state index in [1.165, 1.54) is 0 Å². The van der Waals surface area contributed by atoms with Crippen LogP contribution in [-0.2, 0) is 14.3 Å². The topological polar surface area (TPSA) is 47.6 Å². The van der Waals surface area contributed by atoms with Crippen LogP contribution in [0.25, 0.3) is 0 Å². The Morgan fingerprint density at radius 3 is 3.00 bits per heavy atom. The number of rotatable bonds is 4. The summed E-state index contributed by atoms with van der Waals surface area (Å²) in [6, 6.07) is 0. The second-order valence-electron chi connectivity index (χ2n) is 3.55. The van der Waals surface area contributed by atoms with Crippen LogP contribution in [0.15, 0.2) is 0 Å². The molecule has 1 heterocycles. The van der Waals surface area contributed by atoms with Gasteiger partial charge < -0.3 is 14.8 Å². The summed E-state index contributed by atoms with van der Waals surface area (Å²) in [5.41, 5.74) is -0.186. The first-order chi connectivity index (χ1) is 6.16. The number of hydrogen-bond donors (Lipinski definition) is 1. The van der Waals surface area contributed by atoms with E-state index in [9.17, 15) is 4.79 Å². The molecular weight excluding hydrogens is 170 g/mol. The predicted octanol–water partition coefficient (Wildman–Crippen LogP) is 0.318. The number of nitrogens with one attached hydrogen (secondary N) is 1. The van der Waals surface area contributed by atoms with Crippen LogP contribution in [0.5, 0.6) is 0 Å². The summed E-state index contributed by atoms with van der Waals surface area (Å²) >= 11 is 0. The Bertz CT molecular complexity index is 176. The van der Waals surface area contributed by atoms with Crippen molar-refractivity contribution in [1.29, 1.82) is 0 Å². The molecule has 0 aromatic rings. The van der Waals surface area contributed by atoms with Crippen molar-refractivity contribution in [3.05, 3.63) is 0 Å². The molecule has 0 bridgehead atoms. The number of hydrogen-bond acceptors (Lipinski definition) is 3. The molecule has 1 N–H and O–H groups in total. The smallest absolute Gasteiger partial charge is 0.246 e. The lowest BCUT2D eigenvalue weighted by atomic mass is 10.0. The van der Waals surface area contributed by atoms with E-state index in [2.05, 4.69) is 5.32 Å². The van der Waals surface area contributed by atoms with Gasteiger partial charge in [-0.25, -0.2) is 0 Å². The fourth-order valence-electron chi connectivity index (χ4n) is 1.33. The van der Waals surface area contributed by atoms with E-state index in [0.29, 0.717) is 13.2 Å². The van der Waals surface area contributed by atoms with Gasteiger partial charge in [-0.3, -0.25) is 4.79 Å². The molecule has 1 amide bonds. The second kappa shape index (κ2) is 4.58. The maximum Gasteiger partial charge on any atom is 0.246 e. The summed E-state index contributed by atoms with van der Waals surface area (Å²) in [5, 5.41) is 2.90. The number of ether oxygens (including phenoxy) is 2. The highest BCUT2D eigenvalue weighted by Gasteiger charge is 2.30. The Balaban J connectivity index is 2.26. The van der Waals surface area contributed by atoms with Gasteiger partial charge in [0.1, 0.15) is 6.61 Å². The number of amides is 1. The van der Waals surface area contributed by atoms with Crippen LogP contribution >= 0.6 is 0 Å². The maximum atomic E-state index is 11.3. The molecule has 1 saturated heterocycles. The third kappa shape index (κ3) is 3.32. The molecule has 4 nitrogen and oxygen atoms in total. The van der Waals surface area contributed by atoms with Crippen molar-refractivity contribution >= 4 is 5.91 Å². The number of carbonyl (C=O) groups is 1. The van der Waals surface area contributed by atoms with Gasteiger partial charge >= 0.3 is 0 Å². The zero-order valence-corrected chi connectivity index (χ0v) is 8.26. The van der Waals surface area contributed by atoms with Gasteiger partial charge in [0.25, 0.3) is 0 Å². The van der Waals surface area contributed by atoms with Crippen LogP contribution < -0.4 is 5.32 Å². The minimum absolute atomic E-state index is 0.0603. The zero-order chi connectivity index (χ0) is 9.73. The Morgan fingerprint density at radius 2 is 2.46 bits per heavy atom. The first kappa shape index (κ1) is 10.5. The maximum absolute atomic E-state index is 11.3. The van der Waals surface area contributed by atoms with Gasteiger partial charge in [0.15, 0.2) is 0 Å². The molecular formula is C9H17NO3. The molecule has 1 aliphatic heterocycles. The van der Waals surface area contributed by atoms with E-state index in [4.69, 9.17) is 9.47 Å². The fraction of sp³-hybridized carbons (Fsp3) is 0.889. The second-order valence-corrected chi connectivity index (χ2v) is 3.55. The molecule has 4 heteroatoms. The molecule has 0 aromatic heterocycles. The first-order valence-corrected chi connectivity index (χ1v) is 4.63. The van der Waals surface area contributed by atoms with Crippen LogP contribution in [0, 0.1) is 0 Å². The van der Waals surface area contributed by atoms with Crippen LogP contribution in [0.4, 0.5) is 0 Å². The molecule has 0 saturated carbocycles. The summed E-state index contributed by atoms with van der Waals surface area (Å²) in [4.78, 5) is 11.3. The quantitative estimate of drug-likeness (QED) is 0.689. The standard InChI is InChI=1S/C9H17NO3/c1-3-12-6-8(11)10-9(2)4-5-13-7-9/h3-7H2,1-2H3,(H,10,11). The van der Waals surface area contributed by atoms with Crippen molar-refractivity contribution in [1.82, 2.24) is 5.32 Å². The molecule has 76 valence electrons. The van der Waals surface area contributed by atoms with Crippen molar-refractivity contribution in [3.8, 4) is 0 Å². The Morgan fingerprint density at radius 1 is 1.69 bits per heavy atom. The lowest BCUT2D eigenvalue weighted by Crippen LogP contribution is -2.47. The van der Waals surface area contributed by atoms with E-state index in [1.807, 2.05) is 13.8 Å². The molecule has 1 unspecified atom stereocenters. The summed E-state index contributed by atoms with van der Waals surface area (Å²) in [7, 11) is 0. The predicted molar refractivity (Wildman–Crippen MR) is 48.5 cm³/mol. The van der Waals surface area contributed by atoms with Gasteiger partial charge in [-0.1, -0.05) is 0 Å². The van der Waals surface area contributed by atoms with Crippen LogP contribution in [0.2, 0.25) is 0 Å². The van der Waals surface area contributed by atoms with Crippen molar-refractivity contribution in [2.24, 2.45) is 0 Å². The largest absolute Gasteiger partial charge is 0.379 e. The third-order valence-corrected chi connectivity index (χ3v) is 2.10. The SMILES string of the molecule is CCOCC(=O)NC1(C)CCOC1. The highest BCUT2D eigenvalue weighted by molar-refractivity contribution is 5.78. The molecule has 0 aliphatic carbocycles. The Kier molecular flexibility index (Phi) is 3.69. The normalized spacial score (nSPS) is 27.5. The Hall–Kier alpha value is -0.610. The van der Waals surface area contributed by atoms with Crippen molar-refractivity contribution < 1.29 is 14.3 Å². The van der Waals surface area contributed by atoms with E-state index in [1.54, 1.807) is 0 Å². The molecule has 1 fully saturated rings. The molecule has 1 aliphatic rings. The van der Waals surface area contributed by atoms with Gasteiger partial charge in [-0.15, -0.1) is 0 Å². The summed E-state index contributed by atoms with van der Waals surface area (Å²) in [5.74, 6) is -0.0603. The first-order valence-electron chi connectivity index (χ1n) is 4.63. The average Bonchev–Trinajstić information content (AvgIpc) is 2.48. The average molecular weight is 187 g/mol. The van der Waals surface area contributed by atoms with Crippen molar-refractivity contribution in [2.45, 2.75) is 25.8 Å². The molecule has 0 spiro atoms. The van der Waals surface area contributed by atoms with Crippen LogP contribution in [-0.4, -0.2) is 37.9 Å². The summed E-state index contributed by atoms with van der Waals surface area (Å²) in [6.45, 7) is 5.90. The lowest BCUT2D eigenvalue weighted by Gasteiger charge is -2.23. The molecule has 1 atom stereocenters. The van der Waals surface area contributed by atoms with E-state index in [-0.39, 0.29) is 18.1 Å². The van der Waals surface area contributed by atoms with Gasteiger partial charge in [-0.05, 0) is 20.3 Å². The van der Waals surface area contributed by atoms with Gasteiger partial charge in [0, 0.05) is 13.2 Å². The summed E-state index contributed by atoms with van der Waals surface area (Å²) < 4.78 is 10.2. The molecule has 13 heavy (non-hydrogen) atoms. The van der Waals surface area contributed by atoms with E-state index >= 15 is 0 Å². The Labute approximate surface area is 78.6 Å². The highest BCUT2D eigenvalue weighted by atomic mass is 16.5. The minimum Gasteiger partial charge on any atom is -0.379 e. The highest BCUT2D eigenvalue weighted by Crippen LogP contribution is 2.16. The van der Waals surface area contributed by atoms with Gasteiger partial charge in [-0.2, -0.15) is 0 Å². The van der Waals surface area contributed by atoms with Gasteiger partial charge in [0.05, 0.1) is 12.1 Å². The summed E-state index contributed by atoms with van der Waals surface area (Å²) in [6.07, 6.45) is 0.880. The van der Waals surface area contributed by atoms with Crippen LogP contribution in [0.3, 0.4) is 0 Å². The zero-order valence-electron chi connectivity index (χ0n) is 8.26. The van der Waals surface area contributed by atoms with E-state index < -0.39 is 0 Å². The number of carbonyl (C=O) groups excluding carboxylic acids is 1. The molecule has 1 rings (SSSR count). The van der Waals surface area contributed by atoms with Gasteiger partial charge in [0.2, 0.25) is 5.91 Å². The van der Waals surface area contributed by atoms with E-state index in [0.717, 1.165) is 13.0 Å². The third-order valence-electron chi connectivity index (χ3n) is 2.10. The van der Waals surface area contributed by atoms with Crippen molar-refractivity contribution in [3.63, 3.8) is 0 Å². The fourth-order valence-corrected chi connectivity index (χ4v) is 1.33. The lowest BCUT2D eigenvalue weighted by molar-refractivity contribution is -0.127. The molecule has 0 aromatic carbocycles. The van der Waals surface area contributed by atoms with Crippen LogP contribution in [0.1, 0.15) is 20.3 Å². The van der Waals surface area contributed by atoms with Crippen molar-refractivity contribution in [2.75, 3.05) is 26.4 Å². The monoisotopic (exact) mass is 187 g/mol. The minimum atomic E-state index is -0.186. The molecule has 0 radical (unpaired) electrons.